The Labute approximate surface area is 133 Å². The number of halogens is 2. The van der Waals surface area contributed by atoms with Gasteiger partial charge in [0, 0.05) is 16.0 Å². The summed E-state index contributed by atoms with van der Waals surface area (Å²) in [6.07, 6.45) is 3.00. The van der Waals surface area contributed by atoms with Gasteiger partial charge in [-0.3, -0.25) is 4.79 Å². The maximum absolute atomic E-state index is 11.9. The molecule has 0 heterocycles. The highest BCUT2D eigenvalue weighted by molar-refractivity contribution is 8.00. The van der Waals surface area contributed by atoms with E-state index in [0.717, 1.165) is 30.6 Å². The highest BCUT2D eigenvalue weighted by Crippen LogP contribution is 2.29. The molecule has 20 heavy (non-hydrogen) atoms. The number of rotatable bonds is 4. The van der Waals surface area contributed by atoms with Gasteiger partial charge in [-0.2, -0.15) is 0 Å². The smallest absolute Gasteiger partial charge is 0.230 e. The molecule has 0 atom stereocenters. The van der Waals surface area contributed by atoms with Crippen LogP contribution in [-0.4, -0.2) is 28.9 Å². The van der Waals surface area contributed by atoms with Crippen LogP contribution in [0, 0.1) is 0 Å². The predicted molar refractivity (Wildman–Crippen MR) is 83.6 cm³/mol. The third kappa shape index (κ3) is 4.85. The largest absolute Gasteiger partial charge is 0.393 e. The average molecular weight is 334 g/mol. The van der Waals surface area contributed by atoms with Gasteiger partial charge in [-0.1, -0.05) is 23.2 Å². The van der Waals surface area contributed by atoms with E-state index in [1.165, 1.54) is 11.8 Å². The maximum Gasteiger partial charge on any atom is 0.230 e. The molecule has 0 spiro atoms. The van der Waals surface area contributed by atoms with Crippen LogP contribution in [0.1, 0.15) is 25.7 Å². The number of amides is 1. The fourth-order valence-corrected chi connectivity index (χ4v) is 3.52. The molecule has 2 rings (SSSR count). The Hall–Kier alpha value is -0.420. The van der Waals surface area contributed by atoms with Crippen molar-refractivity contribution in [3.8, 4) is 0 Å². The third-order valence-electron chi connectivity index (χ3n) is 3.31. The third-order valence-corrected chi connectivity index (χ3v) is 5.05. The second-order valence-electron chi connectivity index (χ2n) is 4.94. The highest BCUT2D eigenvalue weighted by atomic mass is 35.5. The van der Waals surface area contributed by atoms with Crippen molar-refractivity contribution in [2.24, 2.45) is 0 Å². The van der Waals surface area contributed by atoms with Crippen LogP contribution >= 0.6 is 35.0 Å². The second kappa shape index (κ2) is 7.55. The molecule has 3 nitrogen and oxygen atoms in total. The number of hydrogen-bond donors (Lipinski definition) is 2. The monoisotopic (exact) mass is 333 g/mol. The first kappa shape index (κ1) is 16.0. The number of aliphatic hydroxyl groups is 1. The van der Waals surface area contributed by atoms with Crippen molar-refractivity contribution in [1.29, 1.82) is 0 Å². The van der Waals surface area contributed by atoms with Gasteiger partial charge in [-0.25, -0.2) is 0 Å². The molecule has 1 fully saturated rings. The van der Waals surface area contributed by atoms with Gasteiger partial charge in [0.1, 0.15) is 0 Å². The van der Waals surface area contributed by atoms with E-state index in [9.17, 15) is 9.90 Å². The van der Waals surface area contributed by atoms with Crippen LogP contribution in [-0.2, 0) is 4.79 Å². The Balaban J connectivity index is 1.79. The molecule has 110 valence electrons. The highest BCUT2D eigenvalue weighted by Gasteiger charge is 2.20. The van der Waals surface area contributed by atoms with Gasteiger partial charge >= 0.3 is 0 Å². The number of benzene rings is 1. The molecule has 1 amide bonds. The van der Waals surface area contributed by atoms with Crippen molar-refractivity contribution in [2.45, 2.75) is 42.7 Å². The lowest BCUT2D eigenvalue weighted by molar-refractivity contribution is -0.119. The molecule has 1 aromatic rings. The van der Waals surface area contributed by atoms with E-state index in [2.05, 4.69) is 5.32 Å². The quantitative estimate of drug-likeness (QED) is 0.829. The summed E-state index contributed by atoms with van der Waals surface area (Å²) in [5.41, 5.74) is 0. The van der Waals surface area contributed by atoms with Gasteiger partial charge < -0.3 is 10.4 Å². The Morgan fingerprint density at radius 3 is 2.70 bits per heavy atom. The standard InChI is InChI=1S/C14H17Cl2NO2S/c15-9-1-6-12(16)13(7-9)20-8-14(19)17-10-2-4-11(18)5-3-10/h1,6-7,10-11,18H,2-5,8H2,(H,17,19). The lowest BCUT2D eigenvalue weighted by Gasteiger charge is -2.26. The van der Waals surface area contributed by atoms with Crippen LogP contribution < -0.4 is 5.32 Å². The first-order chi connectivity index (χ1) is 9.54. The molecule has 1 aliphatic rings. The molecule has 1 aromatic carbocycles. The van der Waals surface area contributed by atoms with Gasteiger partial charge in [0.15, 0.2) is 0 Å². The Kier molecular flexibility index (Phi) is 6.02. The minimum atomic E-state index is -0.206. The minimum absolute atomic E-state index is 0.00701. The van der Waals surface area contributed by atoms with Gasteiger partial charge in [-0.15, -0.1) is 11.8 Å². The van der Waals surface area contributed by atoms with Crippen LogP contribution in [0.4, 0.5) is 0 Å². The van der Waals surface area contributed by atoms with Crippen molar-refractivity contribution < 1.29 is 9.90 Å². The van der Waals surface area contributed by atoms with E-state index in [1.807, 2.05) is 0 Å². The molecule has 0 aromatic heterocycles. The second-order valence-corrected chi connectivity index (χ2v) is 6.80. The summed E-state index contributed by atoms with van der Waals surface area (Å²) < 4.78 is 0. The fourth-order valence-electron chi connectivity index (χ4n) is 2.22. The average Bonchev–Trinajstić information content (AvgIpc) is 2.42. The fraction of sp³-hybridized carbons (Fsp3) is 0.500. The van der Waals surface area contributed by atoms with E-state index in [4.69, 9.17) is 23.2 Å². The molecule has 6 heteroatoms. The zero-order valence-corrected chi connectivity index (χ0v) is 13.3. The van der Waals surface area contributed by atoms with Crippen LogP contribution in [0.3, 0.4) is 0 Å². The number of carbonyl (C=O) groups is 1. The molecule has 1 saturated carbocycles. The first-order valence-electron chi connectivity index (χ1n) is 6.60. The Morgan fingerprint density at radius 1 is 1.30 bits per heavy atom. The normalized spacial score (nSPS) is 22.6. The van der Waals surface area contributed by atoms with Crippen LogP contribution in [0.5, 0.6) is 0 Å². The van der Waals surface area contributed by atoms with Crippen LogP contribution in [0.25, 0.3) is 0 Å². The number of thioether (sulfide) groups is 1. The van der Waals surface area contributed by atoms with Crippen molar-refractivity contribution in [3.05, 3.63) is 28.2 Å². The van der Waals surface area contributed by atoms with Gasteiger partial charge in [0.05, 0.1) is 16.9 Å². The van der Waals surface area contributed by atoms with Crippen molar-refractivity contribution in [1.82, 2.24) is 5.32 Å². The molecule has 0 radical (unpaired) electrons. The molecule has 1 aliphatic carbocycles. The molecule has 0 saturated heterocycles. The van der Waals surface area contributed by atoms with E-state index >= 15 is 0 Å². The topological polar surface area (TPSA) is 49.3 Å². The molecule has 0 bridgehead atoms. The lowest BCUT2D eigenvalue weighted by atomic mass is 9.93. The Bertz CT molecular complexity index is 476. The number of hydrogen-bond acceptors (Lipinski definition) is 3. The molecule has 0 aliphatic heterocycles. The van der Waals surface area contributed by atoms with E-state index in [-0.39, 0.29) is 18.1 Å². The molecule has 0 unspecified atom stereocenters. The molecular formula is C14H17Cl2NO2S. The lowest BCUT2D eigenvalue weighted by Crippen LogP contribution is -2.39. The summed E-state index contributed by atoms with van der Waals surface area (Å²) in [5, 5.41) is 13.6. The minimum Gasteiger partial charge on any atom is -0.393 e. The predicted octanol–water partition coefficient (Wildman–Crippen LogP) is 3.51. The zero-order chi connectivity index (χ0) is 14.5. The van der Waals surface area contributed by atoms with E-state index in [0.29, 0.717) is 15.8 Å². The maximum atomic E-state index is 11.9. The Morgan fingerprint density at radius 2 is 2.00 bits per heavy atom. The summed E-state index contributed by atoms with van der Waals surface area (Å²) in [7, 11) is 0. The van der Waals surface area contributed by atoms with Crippen LogP contribution in [0.15, 0.2) is 23.1 Å². The van der Waals surface area contributed by atoms with Crippen molar-refractivity contribution >= 4 is 40.9 Å². The van der Waals surface area contributed by atoms with E-state index < -0.39 is 0 Å². The molecule has 2 N–H and O–H groups in total. The summed E-state index contributed by atoms with van der Waals surface area (Å²) >= 11 is 13.3. The van der Waals surface area contributed by atoms with Gasteiger partial charge in [0.2, 0.25) is 5.91 Å². The zero-order valence-electron chi connectivity index (χ0n) is 10.9. The summed E-state index contributed by atoms with van der Waals surface area (Å²) in [6.45, 7) is 0. The van der Waals surface area contributed by atoms with Gasteiger partial charge in [0.25, 0.3) is 0 Å². The van der Waals surface area contributed by atoms with Crippen LogP contribution in [0.2, 0.25) is 10.0 Å². The number of nitrogens with one attached hydrogen (secondary N) is 1. The number of carbonyl (C=O) groups excluding carboxylic acids is 1. The summed E-state index contributed by atoms with van der Waals surface area (Å²) in [4.78, 5) is 12.7. The molecular weight excluding hydrogens is 317 g/mol. The van der Waals surface area contributed by atoms with Gasteiger partial charge in [-0.05, 0) is 43.9 Å². The summed E-state index contributed by atoms with van der Waals surface area (Å²) in [6, 6.07) is 5.40. The first-order valence-corrected chi connectivity index (χ1v) is 8.34. The number of aliphatic hydroxyl groups excluding tert-OH is 1. The van der Waals surface area contributed by atoms with Crippen molar-refractivity contribution in [2.75, 3.05) is 5.75 Å². The van der Waals surface area contributed by atoms with E-state index in [1.54, 1.807) is 18.2 Å². The van der Waals surface area contributed by atoms with Crippen molar-refractivity contribution in [3.63, 3.8) is 0 Å². The SMILES string of the molecule is O=C(CSc1cc(Cl)ccc1Cl)NC1CCC(O)CC1. The summed E-state index contributed by atoms with van der Waals surface area (Å²) in [5.74, 6) is 0.312.